The molecular weight excluding hydrogens is 406 g/mol. The topological polar surface area (TPSA) is 94.8 Å². The van der Waals surface area contributed by atoms with Crippen LogP contribution in [-0.2, 0) is 9.53 Å². The molecule has 0 fully saturated rings. The molecule has 30 heavy (non-hydrogen) atoms. The minimum Gasteiger partial charge on any atom is -0.481 e. The van der Waals surface area contributed by atoms with Crippen molar-refractivity contribution in [3.8, 4) is 5.75 Å². The SMILES string of the molecule is CCOC(=O)c1c(NC(=O)C(C)Oc2ccc3c(C)cc(=O)oc3c2)sc(C)c1C. The third-order valence-corrected chi connectivity index (χ3v) is 5.83. The zero-order chi connectivity index (χ0) is 22.0. The van der Waals surface area contributed by atoms with Crippen LogP contribution in [0.3, 0.4) is 0 Å². The standard InChI is InChI=1S/C22H23NO6S/c1-6-27-22(26)19-12(3)14(5)30-21(19)23-20(25)13(4)28-15-7-8-16-11(2)9-18(24)29-17(16)10-15/h7-10,13H,6H2,1-5H3,(H,23,25). The van der Waals surface area contributed by atoms with E-state index in [0.29, 0.717) is 21.9 Å². The smallest absolute Gasteiger partial charge is 0.341 e. The highest BCUT2D eigenvalue weighted by atomic mass is 32.1. The molecule has 8 heteroatoms. The van der Waals surface area contributed by atoms with E-state index in [4.69, 9.17) is 13.9 Å². The van der Waals surface area contributed by atoms with E-state index in [0.717, 1.165) is 21.4 Å². The van der Waals surface area contributed by atoms with E-state index in [1.807, 2.05) is 20.8 Å². The van der Waals surface area contributed by atoms with Crippen molar-refractivity contribution >= 4 is 39.2 Å². The second kappa shape index (κ2) is 8.71. The summed E-state index contributed by atoms with van der Waals surface area (Å²) in [4.78, 5) is 37.5. The van der Waals surface area contributed by atoms with Crippen molar-refractivity contribution in [1.82, 2.24) is 0 Å². The van der Waals surface area contributed by atoms with Gasteiger partial charge in [-0.25, -0.2) is 9.59 Å². The van der Waals surface area contributed by atoms with Gasteiger partial charge in [-0.3, -0.25) is 4.79 Å². The zero-order valence-electron chi connectivity index (χ0n) is 17.5. The van der Waals surface area contributed by atoms with Crippen molar-refractivity contribution in [2.75, 3.05) is 11.9 Å². The Morgan fingerprint density at radius 3 is 2.63 bits per heavy atom. The summed E-state index contributed by atoms with van der Waals surface area (Å²) in [6.07, 6.45) is -0.850. The summed E-state index contributed by atoms with van der Waals surface area (Å²) in [5.41, 5.74) is 1.88. The Hall–Kier alpha value is -3.13. The predicted octanol–water partition coefficient (Wildman–Crippen LogP) is 4.36. The van der Waals surface area contributed by atoms with Gasteiger partial charge < -0.3 is 19.2 Å². The van der Waals surface area contributed by atoms with E-state index < -0.39 is 23.6 Å². The number of carbonyl (C=O) groups is 2. The molecular formula is C22H23NO6S. The van der Waals surface area contributed by atoms with Crippen molar-refractivity contribution in [2.45, 2.75) is 40.7 Å². The molecule has 2 heterocycles. The first-order chi connectivity index (χ1) is 14.2. The minimum atomic E-state index is -0.850. The Morgan fingerprint density at radius 1 is 1.20 bits per heavy atom. The van der Waals surface area contributed by atoms with E-state index in [-0.39, 0.29) is 6.61 Å². The maximum atomic E-state index is 12.7. The van der Waals surface area contributed by atoms with Gasteiger partial charge in [0, 0.05) is 22.4 Å². The summed E-state index contributed by atoms with van der Waals surface area (Å²) < 4.78 is 16.1. The molecule has 3 rings (SSSR count). The highest BCUT2D eigenvalue weighted by Gasteiger charge is 2.24. The molecule has 0 spiro atoms. The Morgan fingerprint density at radius 2 is 1.93 bits per heavy atom. The highest BCUT2D eigenvalue weighted by Crippen LogP contribution is 2.33. The average molecular weight is 429 g/mol. The molecule has 0 aliphatic carbocycles. The number of thiophene rings is 1. The van der Waals surface area contributed by atoms with E-state index in [2.05, 4.69) is 5.32 Å². The molecule has 0 radical (unpaired) electrons. The van der Waals surface area contributed by atoms with Crippen molar-refractivity contribution in [2.24, 2.45) is 0 Å². The van der Waals surface area contributed by atoms with Crippen LogP contribution in [-0.4, -0.2) is 24.6 Å². The number of anilines is 1. The molecule has 0 saturated carbocycles. The van der Waals surface area contributed by atoms with Gasteiger partial charge in [0.15, 0.2) is 6.10 Å². The maximum absolute atomic E-state index is 12.7. The molecule has 0 aliphatic heterocycles. The molecule has 1 aromatic carbocycles. The number of aryl methyl sites for hydroxylation is 2. The summed E-state index contributed by atoms with van der Waals surface area (Å²) in [6.45, 7) is 9.10. The van der Waals surface area contributed by atoms with Crippen molar-refractivity contribution in [3.05, 3.63) is 56.3 Å². The van der Waals surface area contributed by atoms with Crippen LogP contribution >= 0.6 is 11.3 Å². The van der Waals surface area contributed by atoms with E-state index in [1.165, 1.54) is 17.4 Å². The number of ether oxygens (including phenoxy) is 2. The molecule has 0 saturated heterocycles. The fraction of sp³-hybridized carbons (Fsp3) is 0.318. The molecule has 1 amide bonds. The molecule has 0 bridgehead atoms. The lowest BCUT2D eigenvalue weighted by atomic mass is 10.1. The normalized spacial score (nSPS) is 11.9. The largest absolute Gasteiger partial charge is 0.481 e. The van der Waals surface area contributed by atoms with Gasteiger partial charge in [0.1, 0.15) is 16.3 Å². The van der Waals surface area contributed by atoms with Gasteiger partial charge in [-0.2, -0.15) is 0 Å². The first-order valence-corrected chi connectivity index (χ1v) is 10.3. The van der Waals surface area contributed by atoms with Crippen molar-refractivity contribution < 1.29 is 23.5 Å². The molecule has 158 valence electrons. The van der Waals surface area contributed by atoms with Crippen LogP contribution in [0.1, 0.15) is 40.2 Å². The fourth-order valence-electron chi connectivity index (χ4n) is 3.01. The van der Waals surface area contributed by atoms with Crippen molar-refractivity contribution in [1.29, 1.82) is 0 Å². The fourth-order valence-corrected chi connectivity index (χ4v) is 4.07. The number of carbonyl (C=O) groups excluding carboxylic acids is 2. The van der Waals surface area contributed by atoms with Crippen LogP contribution in [0.5, 0.6) is 5.75 Å². The molecule has 3 aromatic rings. The van der Waals surface area contributed by atoms with E-state index >= 15 is 0 Å². The summed E-state index contributed by atoms with van der Waals surface area (Å²) in [7, 11) is 0. The molecule has 1 N–H and O–H groups in total. The summed E-state index contributed by atoms with van der Waals surface area (Å²) >= 11 is 1.31. The lowest BCUT2D eigenvalue weighted by Gasteiger charge is -2.15. The summed E-state index contributed by atoms with van der Waals surface area (Å²) in [5.74, 6) is -0.487. The van der Waals surface area contributed by atoms with E-state index in [1.54, 1.807) is 32.0 Å². The van der Waals surface area contributed by atoms with Crippen LogP contribution in [0, 0.1) is 20.8 Å². The van der Waals surface area contributed by atoms with E-state index in [9.17, 15) is 14.4 Å². The first kappa shape index (κ1) is 21.6. The number of esters is 1. The maximum Gasteiger partial charge on any atom is 0.341 e. The number of amides is 1. The van der Waals surface area contributed by atoms with Gasteiger partial charge in [-0.05, 0) is 57.9 Å². The van der Waals surface area contributed by atoms with Gasteiger partial charge in [-0.1, -0.05) is 0 Å². The van der Waals surface area contributed by atoms with Crippen LogP contribution in [0.2, 0.25) is 0 Å². The molecule has 2 aromatic heterocycles. The highest BCUT2D eigenvalue weighted by molar-refractivity contribution is 7.16. The van der Waals surface area contributed by atoms with Gasteiger partial charge >= 0.3 is 11.6 Å². The first-order valence-electron chi connectivity index (χ1n) is 9.50. The number of benzene rings is 1. The predicted molar refractivity (Wildman–Crippen MR) is 116 cm³/mol. The van der Waals surface area contributed by atoms with Gasteiger partial charge in [0.25, 0.3) is 5.91 Å². The number of rotatable bonds is 6. The molecule has 1 unspecified atom stereocenters. The number of fused-ring (bicyclic) bond motifs is 1. The van der Waals surface area contributed by atoms with Crippen LogP contribution in [0.25, 0.3) is 11.0 Å². The zero-order valence-corrected chi connectivity index (χ0v) is 18.3. The third-order valence-electron chi connectivity index (χ3n) is 4.71. The van der Waals surface area contributed by atoms with Gasteiger partial charge in [-0.15, -0.1) is 11.3 Å². The van der Waals surface area contributed by atoms with Gasteiger partial charge in [0.05, 0.1) is 12.2 Å². The Bertz CT molecular complexity index is 1180. The quantitative estimate of drug-likeness (QED) is 0.462. The van der Waals surface area contributed by atoms with Gasteiger partial charge in [0.2, 0.25) is 0 Å². The second-order valence-corrected chi connectivity index (χ2v) is 8.09. The lowest BCUT2D eigenvalue weighted by molar-refractivity contribution is -0.122. The Kier molecular flexibility index (Phi) is 6.26. The average Bonchev–Trinajstić information content (AvgIpc) is 2.94. The Labute approximate surface area is 177 Å². The molecule has 7 nitrogen and oxygen atoms in total. The van der Waals surface area contributed by atoms with Crippen LogP contribution in [0.4, 0.5) is 5.00 Å². The van der Waals surface area contributed by atoms with Crippen molar-refractivity contribution in [3.63, 3.8) is 0 Å². The lowest BCUT2D eigenvalue weighted by Crippen LogP contribution is -2.30. The summed E-state index contributed by atoms with van der Waals surface area (Å²) in [6, 6.07) is 6.49. The molecule has 1 atom stereocenters. The monoisotopic (exact) mass is 429 g/mol. The number of nitrogens with one attached hydrogen (secondary N) is 1. The van der Waals surface area contributed by atoms with Crippen LogP contribution in [0.15, 0.2) is 33.5 Å². The Balaban J connectivity index is 1.79. The number of hydrogen-bond donors (Lipinski definition) is 1. The molecule has 0 aliphatic rings. The summed E-state index contributed by atoms with van der Waals surface area (Å²) in [5, 5.41) is 4.00. The van der Waals surface area contributed by atoms with Crippen LogP contribution < -0.4 is 15.7 Å². The second-order valence-electron chi connectivity index (χ2n) is 6.86. The minimum absolute atomic E-state index is 0.248. The third kappa shape index (κ3) is 4.38. The number of hydrogen-bond acceptors (Lipinski definition) is 7.